The van der Waals surface area contributed by atoms with E-state index in [-0.39, 0.29) is 18.1 Å². The standard InChI is InChI=1S/C21H25N5O4S/c1-29-14-8-9-16(17(12-14)30-2)23-18(27)13-26-21(28)25-11-10-22-20(19(25)24-26)31-15-6-4-3-5-7-15/h8-12,15H,3-7,13H2,1-2H3,(H,23,27). The zero-order valence-electron chi connectivity index (χ0n) is 17.5. The van der Waals surface area contributed by atoms with Crippen LogP contribution in [0.1, 0.15) is 32.1 Å². The summed E-state index contributed by atoms with van der Waals surface area (Å²) < 4.78 is 13.1. The van der Waals surface area contributed by atoms with E-state index in [0.29, 0.717) is 28.1 Å². The average Bonchev–Trinajstić information content (AvgIpc) is 3.11. The van der Waals surface area contributed by atoms with E-state index in [0.717, 1.165) is 22.5 Å². The lowest BCUT2D eigenvalue weighted by molar-refractivity contribution is -0.117. The highest BCUT2D eigenvalue weighted by Gasteiger charge is 2.20. The zero-order chi connectivity index (χ0) is 21.8. The van der Waals surface area contributed by atoms with Crippen LogP contribution in [0.4, 0.5) is 5.69 Å². The van der Waals surface area contributed by atoms with Gasteiger partial charge in [-0.1, -0.05) is 31.0 Å². The molecular weight excluding hydrogens is 418 g/mol. The minimum atomic E-state index is -0.386. The fourth-order valence-corrected chi connectivity index (χ4v) is 4.93. The van der Waals surface area contributed by atoms with Gasteiger partial charge in [0.1, 0.15) is 23.1 Å². The summed E-state index contributed by atoms with van der Waals surface area (Å²) in [7, 11) is 3.06. The molecule has 3 aromatic rings. The summed E-state index contributed by atoms with van der Waals surface area (Å²) in [6, 6.07) is 5.08. The molecule has 0 aliphatic heterocycles. The number of methoxy groups -OCH3 is 2. The number of hydrogen-bond donors (Lipinski definition) is 1. The van der Waals surface area contributed by atoms with E-state index in [1.165, 1.54) is 30.8 Å². The quantitative estimate of drug-likeness (QED) is 0.599. The molecule has 0 unspecified atom stereocenters. The molecule has 0 spiro atoms. The van der Waals surface area contributed by atoms with Crippen molar-refractivity contribution in [1.29, 1.82) is 0 Å². The highest BCUT2D eigenvalue weighted by atomic mass is 32.2. The largest absolute Gasteiger partial charge is 0.497 e. The van der Waals surface area contributed by atoms with Crippen LogP contribution >= 0.6 is 11.8 Å². The number of benzene rings is 1. The molecule has 1 N–H and O–H groups in total. The molecule has 1 amide bonds. The second-order valence-electron chi connectivity index (χ2n) is 7.36. The number of rotatable bonds is 7. The summed E-state index contributed by atoms with van der Waals surface area (Å²) in [6.45, 7) is -0.219. The molecule has 4 rings (SSSR count). The Morgan fingerprint density at radius 1 is 1.23 bits per heavy atom. The smallest absolute Gasteiger partial charge is 0.350 e. The number of nitrogens with one attached hydrogen (secondary N) is 1. The highest BCUT2D eigenvalue weighted by molar-refractivity contribution is 8.00. The van der Waals surface area contributed by atoms with Gasteiger partial charge in [-0.05, 0) is 25.0 Å². The van der Waals surface area contributed by atoms with Gasteiger partial charge in [0.15, 0.2) is 5.65 Å². The van der Waals surface area contributed by atoms with E-state index in [9.17, 15) is 9.59 Å². The molecule has 0 atom stereocenters. The summed E-state index contributed by atoms with van der Waals surface area (Å²) in [5.41, 5.74) is 0.595. The van der Waals surface area contributed by atoms with Crippen molar-refractivity contribution >= 4 is 29.0 Å². The number of hydrogen-bond acceptors (Lipinski definition) is 7. The number of aromatic nitrogens is 4. The van der Waals surface area contributed by atoms with Crippen LogP contribution in [-0.2, 0) is 11.3 Å². The van der Waals surface area contributed by atoms with Gasteiger partial charge in [-0.3, -0.25) is 4.79 Å². The lowest BCUT2D eigenvalue weighted by Crippen LogP contribution is -2.28. The van der Waals surface area contributed by atoms with Gasteiger partial charge >= 0.3 is 5.69 Å². The third kappa shape index (κ3) is 4.68. The van der Waals surface area contributed by atoms with Gasteiger partial charge < -0.3 is 14.8 Å². The van der Waals surface area contributed by atoms with Crippen LogP contribution in [0.2, 0.25) is 0 Å². The molecule has 2 heterocycles. The van der Waals surface area contributed by atoms with Gasteiger partial charge in [0, 0.05) is 23.7 Å². The molecule has 2 aromatic heterocycles. The maximum absolute atomic E-state index is 12.8. The van der Waals surface area contributed by atoms with Crippen LogP contribution in [0.15, 0.2) is 40.4 Å². The molecule has 164 valence electrons. The summed E-state index contributed by atoms with van der Waals surface area (Å²) in [5.74, 6) is 0.691. The first-order chi connectivity index (χ1) is 15.1. The van der Waals surface area contributed by atoms with E-state index in [4.69, 9.17) is 9.47 Å². The van der Waals surface area contributed by atoms with Gasteiger partial charge in [-0.25, -0.2) is 18.9 Å². The number of thioether (sulfide) groups is 1. The van der Waals surface area contributed by atoms with Crippen molar-refractivity contribution in [2.45, 2.75) is 48.9 Å². The Hall–Kier alpha value is -3.01. The first-order valence-corrected chi connectivity index (χ1v) is 11.1. The molecule has 1 aliphatic carbocycles. The fraction of sp³-hybridized carbons (Fsp3) is 0.429. The van der Waals surface area contributed by atoms with Gasteiger partial charge in [0.2, 0.25) is 5.91 Å². The van der Waals surface area contributed by atoms with Crippen molar-refractivity contribution in [1.82, 2.24) is 19.2 Å². The minimum Gasteiger partial charge on any atom is -0.497 e. The third-order valence-corrected chi connectivity index (χ3v) is 6.59. The van der Waals surface area contributed by atoms with E-state index >= 15 is 0 Å². The molecule has 0 bridgehead atoms. The lowest BCUT2D eigenvalue weighted by Gasteiger charge is -2.20. The van der Waals surface area contributed by atoms with E-state index in [2.05, 4.69) is 15.4 Å². The molecule has 1 aromatic carbocycles. The Bertz CT molecular complexity index is 1140. The first kappa shape index (κ1) is 21.2. The Balaban J connectivity index is 1.53. The maximum atomic E-state index is 12.8. The molecule has 1 aliphatic rings. The summed E-state index contributed by atoms with van der Waals surface area (Å²) in [6.07, 6.45) is 9.18. The number of fused-ring (bicyclic) bond motifs is 1. The number of anilines is 1. The molecule has 1 saturated carbocycles. The van der Waals surface area contributed by atoms with Crippen LogP contribution in [-0.4, -0.2) is 44.5 Å². The molecule has 0 radical (unpaired) electrons. The van der Waals surface area contributed by atoms with Gasteiger partial charge in [0.05, 0.1) is 19.9 Å². The van der Waals surface area contributed by atoms with E-state index < -0.39 is 0 Å². The highest BCUT2D eigenvalue weighted by Crippen LogP contribution is 2.33. The van der Waals surface area contributed by atoms with Gasteiger partial charge in [-0.15, -0.1) is 5.10 Å². The molecule has 31 heavy (non-hydrogen) atoms. The Morgan fingerprint density at radius 2 is 2.03 bits per heavy atom. The van der Waals surface area contributed by atoms with Crippen molar-refractivity contribution in [2.75, 3.05) is 19.5 Å². The molecule has 10 heteroatoms. The summed E-state index contributed by atoms with van der Waals surface area (Å²) in [5, 5.41) is 8.37. The predicted octanol–water partition coefficient (Wildman–Crippen LogP) is 2.97. The van der Waals surface area contributed by atoms with Crippen molar-refractivity contribution in [3.8, 4) is 11.5 Å². The van der Waals surface area contributed by atoms with Crippen LogP contribution in [0.25, 0.3) is 5.65 Å². The van der Waals surface area contributed by atoms with Crippen LogP contribution in [0.5, 0.6) is 11.5 Å². The Morgan fingerprint density at radius 3 is 2.77 bits per heavy atom. The van der Waals surface area contributed by atoms with Crippen LogP contribution < -0.4 is 20.5 Å². The summed E-state index contributed by atoms with van der Waals surface area (Å²) >= 11 is 1.67. The van der Waals surface area contributed by atoms with Crippen molar-refractivity contribution < 1.29 is 14.3 Å². The lowest BCUT2D eigenvalue weighted by atomic mass is 10.0. The van der Waals surface area contributed by atoms with Crippen molar-refractivity contribution in [3.63, 3.8) is 0 Å². The van der Waals surface area contributed by atoms with Gasteiger partial charge in [0.25, 0.3) is 0 Å². The number of amides is 1. The normalized spacial score (nSPS) is 14.5. The number of ether oxygens (including phenoxy) is 2. The van der Waals surface area contributed by atoms with Gasteiger partial charge in [-0.2, -0.15) is 0 Å². The average molecular weight is 444 g/mol. The minimum absolute atomic E-state index is 0.219. The van der Waals surface area contributed by atoms with Crippen LogP contribution in [0, 0.1) is 0 Å². The zero-order valence-corrected chi connectivity index (χ0v) is 18.4. The third-order valence-electron chi connectivity index (χ3n) is 5.28. The van der Waals surface area contributed by atoms with E-state index in [1.54, 1.807) is 49.5 Å². The monoisotopic (exact) mass is 443 g/mol. The number of carbonyl (C=O) groups is 1. The van der Waals surface area contributed by atoms with Crippen molar-refractivity contribution in [3.05, 3.63) is 41.1 Å². The second-order valence-corrected chi connectivity index (χ2v) is 8.65. The first-order valence-electron chi connectivity index (χ1n) is 10.2. The Kier molecular flexibility index (Phi) is 6.45. The fourth-order valence-electron chi connectivity index (χ4n) is 3.68. The molecule has 0 saturated heterocycles. The van der Waals surface area contributed by atoms with Crippen molar-refractivity contribution in [2.24, 2.45) is 0 Å². The molecular formula is C21H25N5O4S. The van der Waals surface area contributed by atoms with E-state index in [1.807, 2.05) is 0 Å². The molecule has 1 fully saturated rings. The Labute approximate surface area is 183 Å². The molecule has 9 nitrogen and oxygen atoms in total. The predicted molar refractivity (Wildman–Crippen MR) is 118 cm³/mol. The second kappa shape index (κ2) is 9.42. The maximum Gasteiger partial charge on any atom is 0.350 e. The number of nitrogens with zero attached hydrogens (tertiary/aromatic N) is 4. The SMILES string of the molecule is COc1ccc(NC(=O)Cn2nc3c(SC4CCCCC4)nccn3c2=O)c(OC)c1. The summed E-state index contributed by atoms with van der Waals surface area (Å²) in [4.78, 5) is 29.8. The number of carbonyl (C=O) groups excluding carboxylic acids is 1. The van der Waals surface area contributed by atoms with Crippen LogP contribution in [0.3, 0.4) is 0 Å². The topological polar surface area (TPSA) is 99.7 Å².